The maximum Gasteiger partial charge on any atom is 0.228 e. The van der Waals surface area contributed by atoms with Crippen LogP contribution in [-0.4, -0.2) is 43.9 Å². The van der Waals surface area contributed by atoms with Gasteiger partial charge in [0.1, 0.15) is 5.75 Å². The van der Waals surface area contributed by atoms with Crippen LogP contribution in [0.15, 0.2) is 49.1 Å². The number of nitrogens with one attached hydrogen (secondary N) is 1. The number of amides is 1. The van der Waals surface area contributed by atoms with Crippen molar-refractivity contribution >= 4 is 17.7 Å². The molecule has 2 aliphatic heterocycles. The minimum atomic E-state index is -0.0700. The Morgan fingerprint density at radius 3 is 3.00 bits per heavy atom. The third-order valence-corrected chi connectivity index (χ3v) is 5.70. The molecule has 5 rings (SSSR count). The molecule has 31 heavy (non-hydrogen) atoms. The van der Waals surface area contributed by atoms with Gasteiger partial charge in [0.15, 0.2) is 5.82 Å². The van der Waals surface area contributed by atoms with E-state index in [-0.39, 0.29) is 11.9 Å². The average molecular weight is 416 g/mol. The molecule has 3 aromatic rings. The molecule has 8 nitrogen and oxygen atoms in total. The molecule has 0 saturated carbocycles. The van der Waals surface area contributed by atoms with Gasteiger partial charge in [-0.2, -0.15) is 0 Å². The summed E-state index contributed by atoms with van der Waals surface area (Å²) in [7, 11) is 0. The summed E-state index contributed by atoms with van der Waals surface area (Å²) in [5, 5.41) is 3.07. The number of likely N-dealkylation sites (tertiary alicyclic amines) is 1. The van der Waals surface area contributed by atoms with Crippen LogP contribution < -0.4 is 10.1 Å². The van der Waals surface area contributed by atoms with Crippen LogP contribution in [0.3, 0.4) is 0 Å². The topological polar surface area (TPSA) is 93.1 Å². The van der Waals surface area contributed by atoms with Crippen molar-refractivity contribution in [2.75, 3.05) is 18.5 Å². The Labute approximate surface area is 180 Å². The normalized spacial score (nSPS) is 17.7. The zero-order chi connectivity index (χ0) is 21.0. The van der Waals surface area contributed by atoms with Gasteiger partial charge in [-0.1, -0.05) is 12.1 Å². The van der Waals surface area contributed by atoms with Crippen molar-refractivity contribution in [1.82, 2.24) is 24.8 Å². The number of nitrogens with zero attached hydrogens (tertiary/aromatic N) is 5. The van der Waals surface area contributed by atoms with Crippen molar-refractivity contribution < 1.29 is 9.53 Å². The van der Waals surface area contributed by atoms with Crippen LogP contribution >= 0.6 is 0 Å². The SMILES string of the molecule is O=C(Cc1ccc2c(c1)CCCO2)N1CCC[C@@H]1c1cncc(Nc2ncccn2)n1. The van der Waals surface area contributed by atoms with Crippen molar-refractivity contribution in [1.29, 1.82) is 0 Å². The van der Waals surface area contributed by atoms with E-state index >= 15 is 0 Å². The highest BCUT2D eigenvalue weighted by Gasteiger charge is 2.31. The van der Waals surface area contributed by atoms with Crippen LogP contribution in [0, 0.1) is 0 Å². The van der Waals surface area contributed by atoms with Crippen LogP contribution in [0.1, 0.15) is 42.1 Å². The van der Waals surface area contributed by atoms with Crippen molar-refractivity contribution in [3.63, 3.8) is 0 Å². The number of aromatic nitrogens is 4. The molecular formula is C23H24N6O2. The summed E-state index contributed by atoms with van der Waals surface area (Å²) in [6.07, 6.45) is 10.9. The molecule has 1 fully saturated rings. The first-order chi connectivity index (χ1) is 15.3. The van der Waals surface area contributed by atoms with Crippen molar-refractivity contribution in [2.45, 2.75) is 38.1 Å². The Kier molecular flexibility index (Phi) is 5.43. The lowest BCUT2D eigenvalue weighted by Gasteiger charge is -2.25. The Morgan fingerprint density at radius 1 is 1.19 bits per heavy atom. The van der Waals surface area contributed by atoms with Crippen molar-refractivity contribution in [2.24, 2.45) is 0 Å². The van der Waals surface area contributed by atoms with E-state index in [0.29, 0.717) is 18.2 Å². The Hall–Kier alpha value is -3.55. The van der Waals surface area contributed by atoms with E-state index in [1.807, 2.05) is 17.0 Å². The summed E-state index contributed by atoms with van der Waals surface area (Å²) in [6, 6.07) is 7.79. The van der Waals surface area contributed by atoms with Gasteiger partial charge < -0.3 is 15.0 Å². The van der Waals surface area contributed by atoms with E-state index in [1.165, 1.54) is 5.56 Å². The Bertz CT molecular complexity index is 1070. The molecule has 0 unspecified atom stereocenters. The lowest BCUT2D eigenvalue weighted by atomic mass is 10.0. The number of rotatable bonds is 5. The molecule has 158 valence electrons. The molecule has 2 aromatic heterocycles. The summed E-state index contributed by atoms with van der Waals surface area (Å²) < 4.78 is 5.69. The van der Waals surface area contributed by atoms with E-state index in [1.54, 1.807) is 30.9 Å². The average Bonchev–Trinajstić information content (AvgIpc) is 3.30. The van der Waals surface area contributed by atoms with Crippen molar-refractivity contribution in [3.8, 4) is 5.75 Å². The molecule has 1 saturated heterocycles. The summed E-state index contributed by atoms with van der Waals surface area (Å²) in [5.74, 6) is 2.09. The highest BCUT2D eigenvalue weighted by Crippen LogP contribution is 2.32. The van der Waals surface area contributed by atoms with Gasteiger partial charge in [0.2, 0.25) is 11.9 Å². The Morgan fingerprint density at radius 2 is 2.10 bits per heavy atom. The monoisotopic (exact) mass is 416 g/mol. The van der Waals surface area contributed by atoms with Crippen LogP contribution in [0.2, 0.25) is 0 Å². The second-order valence-corrected chi connectivity index (χ2v) is 7.84. The zero-order valence-corrected chi connectivity index (χ0v) is 17.2. The fraction of sp³-hybridized carbons (Fsp3) is 0.348. The largest absolute Gasteiger partial charge is 0.493 e. The minimum absolute atomic E-state index is 0.0700. The second kappa shape index (κ2) is 8.67. The molecule has 2 aliphatic rings. The van der Waals surface area contributed by atoms with E-state index in [2.05, 4.69) is 31.3 Å². The standard InChI is InChI=1S/C23H24N6O2/c30-22(13-16-6-7-20-17(12-16)4-2-11-31-20)29-10-1-5-19(29)18-14-24-15-21(27-18)28-23-25-8-3-9-26-23/h3,6-9,12,14-15,19H,1-2,4-5,10-11,13H2,(H,25,26,27,28)/t19-/m1/s1. The van der Waals surface area contributed by atoms with Crippen LogP contribution in [0.25, 0.3) is 0 Å². The molecule has 0 radical (unpaired) electrons. The highest BCUT2D eigenvalue weighted by molar-refractivity contribution is 5.79. The number of hydrogen-bond acceptors (Lipinski definition) is 7. The highest BCUT2D eigenvalue weighted by atomic mass is 16.5. The fourth-order valence-electron chi connectivity index (χ4n) is 4.25. The van der Waals surface area contributed by atoms with E-state index < -0.39 is 0 Å². The number of carbonyl (C=O) groups excluding carboxylic acids is 1. The zero-order valence-electron chi connectivity index (χ0n) is 17.2. The molecule has 0 bridgehead atoms. The molecular weight excluding hydrogens is 392 g/mol. The van der Waals surface area contributed by atoms with E-state index in [0.717, 1.165) is 55.8 Å². The maximum absolute atomic E-state index is 13.2. The minimum Gasteiger partial charge on any atom is -0.493 e. The molecule has 0 spiro atoms. The Balaban J connectivity index is 1.30. The van der Waals surface area contributed by atoms with E-state index in [4.69, 9.17) is 4.74 Å². The predicted molar refractivity (Wildman–Crippen MR) is 115 cm³/mol. The number of ether oxygens (including phenoxy) is 1. The summed E-state index contributed by atoms with van der Waals surface area (Å²) in [6.45, 7) is 1.50. The molecule has 4 heterocycles. The van der Waals surface area contributed by atoms with Crippen LogP contribution in [0.4, 0.5) is 11.8 Å². The van der Waals surface area contributed by atoms with Gasteiger partial charge in [-0.05, 0) is 48.9 Å². The summed E-state index contributed by atoms with van der Waals surface area (Å²) >= 11 is 0. The van der Waals surface area contributed by atoms with Gasteiger partial charge >= 0.3 is 0 Å². The number of benzene rings is 1. The lowest BCUT2D eigenvalue weighted by Crippen LogP contribution is -2.32. The summed E-state index contributed by atoms with van der Waals surface area (Å²) in [4.78, 5) is 32.4. The maximum atomic E-state index is 13.2. The van der Waals surface area contributed by atoms with Gasteiger partial charge in [0.05, 0.1) is 37.2 Å². The molecule has 1 aromatic carbocycles. The van der Waals surface area contributed by atoms with Crippen LogP contribution in [-0.2, 0) is 17.6 Å². The number of fused-ring (bicyclic) bond motifs is 1. The number of hydrogen-bond donors (Lipinski definition) is 1. The van der Waals surface area contributed by atoms with Gasteiger partial charge in [0, 0.05) is 18.9 Å². The van der Waals surface area contributed by atoms with Crippen LogP contribution in [0.5, 0.6) is 5.75 Å². The fourth-order valence-corrected chi connectivity index (χ4v) is 4.25. The van der Waals surface area contributed by atoms with Gasteiger partial charge in [-0.25, -0.2) is 15.0 Å². The quantitative estimate of drug-likeness (QED) is 0.682. The lowest BCUT2D eigenvalue weighted by molar-refractivity contribution is -0.131. The first kappa shape index (κ1) is 19.4. The summed E-state index contributed by atoms with van der Waals surface area (Å²) in [5.41, 5.74) is 3.01. The second-order valence-electron chi connectivity index (χ2n) is 7.84. The van der Waals surface area contributed by atoms with Gasteiger partial charge in [-0.15, -0.1) is 0 Å². The van der Waals surface area contributed by atoms with Crippen molar-refractivity contribution in [3.05, 3.63) is 65.9 Å². The van der Waals surface area contributed by atoms with Gasteiger partial charge in [0.25, 0.3) is 0 Å². The number of aryl methyl sites for hydroxylation is 1. The predicted octanol–water partition coefficient (Wildman–Crippen LogP) is 3.24. The van der Waals surface area contributed by atoms with E-state index in [9.17, 15) is 4.79 Å². The number of anilines is 2. The number of carbonyl (C=O) groups is 1. The first-order valence-electron chi connectivity index (χ1n) is 10.7. The third kappa shape index (κ3) is 4.33. The van der Waals surface area contributed by atoms with Gasteiger partial charge in [-0.3, -0.25) is 9.78 Å². The molecule has 8 heteroatoms. The third-order valence-electron chi connectivity index (χ3n) is 5.70. The smallest absolute Gasteiger partial charge is 0.228 e. The molecule has 1 amide bonds. The molecule has 1 N–H and O–H groups in total. The first-order valence-corrected chi connectivity index (χ1v) is 10.7. The molecule has 1 atom stereocenters. The molecule has 0 aliphatic carbocycles.